The molecule has 1 saturated heterocycles. The highest BCUT2D eigenvalue weighted by Crippen LogP contribution is 2.28. The summed E-state index contributed by atoms with van der Waals surface area (Å²) < 4.78 is 0. The second kappa shape index (κ2) is 5.78. The lowest BCUT2D eigenvalue weighted by Crippen LogP contribution is -2.42. The molecular weight excluding hydrogens is 238 g/mol. The number of fused-ring (bicyclic) bond motifs is 2. The molecule has 0 radical (unpaired) electrons. The van der Waals surface area contributed by atoms with Crippen LogP contribution in [0, 0.1) is 5.92 Å². The number of carbonyl (C=O) groups is 1. The van der Waals surface area contributed by atoms with E-state index in [4.69, 9.17) is 0 Å². The van der Waals surface area contributed by atoms with Gasteiger partial charge in [0.2, 0.25) is 5.91 Å². The van der Waals surface area contributed by atoms with Gasteiger partial charge in [-0.25, -0.2) is 0 Å². The van der Waals surface area contributed by atoms with Crippen LogP contribution in [0.1, 0.15) is 44.9 Å². The zero-order valence-corrected chi connectivity index (χ0v) is 11.4. The Morgan fingerprint density at radius 3 is 2.84 bits per heavy atom. The van der Waals surface area contributed by atoms with Crippen molar-refractivity contribution in [2.24, 2.45) is 5.92 Å². The van der Waals surface area contributed by atoms with E-state index in [0.717, 1.165) is 18.7 Å². The molecule has 2 atom stereocenters. The first kappa shape index (κ1) is 12.7. The monoisotopic (exact) mass is 261 g/mol. The van der Waals surface area contributed by atoms with Crippen LogP contribution in [0.3, 0.4) is 0 Å². The topological polar surface area (TPSA) is 53.2 Å². The second-order valence-corrected chi connectivity index (χ2v) is 5.74. The fraction of sp³-hybridized carbons (Fsp3) is 0.667. The molecule has 4 heteroatoms. The number of nitrogens with one attached hydrogen (secondary N) is 3. The summed E-state index contributed by atoms with van der Waals surface area (Å²) in [5, 5.41) is 3.55. The van der Waals surface area contributed by atoms with E-state index < -0.39 is 0 Å². The summed E-state index contributed by atoms with van der Waals surface area (Å²) in [6.45, 7) is 0.760. The maximum absolute atomic E-state index is 11.7. The van der Waals surface area contributed by atoms with Gasteiger partial charge < -0.3 is 10.7 Å². The van der Waals surface area contributed by atoms with Crippen molar-refractivity contribution in [3.8, 4) is 0 Å². The molecule has 2 aliphatic heterocycles. The van der Waals surface area contributed by atoms with E-state index in [0.29, 0.717) is 6.04 Å². The van der Waals surface area contributed by atoms with Gasteiger partial charge in [-0.05, 0) is 24.8 Å². The smallest absolute Gasteiger partial charge is 0.248 e. The van der Waals surface area contributed by atoms with Crippen molar-refractivity contribution in [3.63, 3.8) is 0 Å². The third kappa shape index (κ3) is 2.68. The average Bonchev–Trinajstić information content (AvgIpc) is 2.77. The summed E-state index contributed by atoms with van der Waals surface area (Å²) in [6, 6.07) is 0.404. The molecule has 1 amide bonds. The molecule has 0 aromatic heterocycles. The highest BCUT2D eigenvalue weighted by Gasteiger charge is 2.36. The molecule has 0 aromatic rings. The number of hydrogen-bond donors (Lipinski definition) is 3. The van der Waals surface area contributed by atoms with Crippen molar-refractivity contribution in [3.05, 3.63) is 23.4 Å². The Morgan fingerprint density at radius 2 is 1.89 bits per heavy atom. The normalized spacial score (nSPS) is 31.9. The summed E-state index contributed by atoms with van der Waals surface area (Å²) in [6.07, 6.45) is 13.4. The minimum absolute atomic E-state index is 0.0268. The zero-order valence-electron chi connectivity index (χ0n) is 11.4. The van der Waals surface area contributed by atoms with Crippen molar-refractivity contribution >= 4 is 5.91 Å². The van der Waals surface area contributed by atoms with Gasteiger partial charge in [-0.3, -0.25) is 10.2 Å². The summed E-state index contributed by atoms with van der Waals surface area (Å²) >= 11 is 0. The lowest BCUT2D eigenvalue weighted by atomic mass is 9.89. The standard InChI is InChI=1S/C15H23N3O/c19-15-12-10-16-13-9-7-5-3-1-2-4-6-8-11(13)14(12)17-18-15/h6,8,12-13,16-17H,1-5,7,9-10H2,(H,18,19). The van der Waals surface area contributed by atoms with Crippen LogP contribution in [0.4, 0.5) is 0 Å². The summed E-state index contributed by atoms with van der Waals surface area (Å²) in [7, 11) is 0. The van der Waals surface area contributed by atoms with Crippen LogP contribution in [-0.2, 0) is 4.79 Å². The Morgan fingerprint density at radius 1 is 1.05 bits per heavy atom. The molecule has 4 nitrogen and oxygen atoms in total. The fourth-order valence-corrected chi connectivity index (χ4v) is 3.27. The summed E-state index contributed by atoms with van der Waals surface area (Å²) in [4.78, 5) is 11.7. The molecular formula is C15H23N3O. The van der Waals surface area contributed by atoms with Gasteiger partial charge in [0.1, 0.15) is 0 Å². The summed E-state index contributed by atoms with van der Waals surface area (Å²) in [5.74, 6) is 0.0668. The van der Waals surface area contributed by atoms with E-state index in [-0.39, 0.29) is 11.8 Å². The number of carbonyl (C=O) groups excluding carboxylic acids is 1. The number of allylic oxidation sites excluding steroid dienone is 1. The SMILES string of the molecule is O=C1NNC2=C3C=CCCCCCCCC3NCC12. The van der Waals surface area contributed by atoms with Gasteiger partial charge in [-0.15, -0.1) is 0 Å². The molecule has 2 heterocycles. The maximum atomic E-state index is 11.7. The first-order valence-corrected chi connectivity index (χ1v) is 7.56. The van der Waals surface area contributed by atoms with Crippen molar-refractivity contribution in [2.75, 3.05) is 6.54 Å². The first-order chi connectivity index (χ1) is 9.36. The number of hydrogen-bond acceptors (Lipinski definition) is 3. The Kier molecular flexibility index (Phi) is 3.87. The van der Waals surface area contributed by atoms with Gasteiger partial charge in [0, 0.05) is 12.6 Å². The third-order valence-corrected chi connectivity index (χ3v) is 4.40. The quantitative estimate of drug-likeness (QED) is 0.623. The molecule has 0 saturated carbocycles. The van der Waals surface area contributed by atoms with E-state index in [1.54, 1.807) is 0 Å². The predicted octanol–water partition coefficient (Wildman–Crippen LogP) is 1.76. The van der Waals surface area contributed by atoms with Gasteiger partial charge in [0.25, 0.3) is 0 Å². The molecule has 0 aromatic carbocycles. The molecule has 3 aliphatic rings. The highest BCUT2D eigenvalue weighted by atomic mass is 16.2. The second-order valence-electron chi connectivity index (χ2n) is 5.74. The molecule has 0 bridgehead atoms. The molecule has 0 spiro atoms. The molecule has 2 unspecified atom stereocenters. The number of hydrazine groups is 1. The predicted molar refractivity (Wildman–Crippen MR) is 75.0 cm³/mol. The van der Waals surface area contributed by atoms with Gasteiger partial charge in [-0.2, -0.15) is 0 Å². The van der Waals surface area contributed by atoms with Gasteiger partial charge >= 0.3 is 0 Å². The zero-order chi connectivity index (χ0) is 13.1. The van der Waals surface area contributed by atoms with E-state index in [2.05, 4.69) is 28.3 Å². The Bertz CT molecular complexity index is 414. The third-order valence-electron chi connectivity index (χ3n) is 4.40. The highest BCUT2D eigenvalue weighted by molar-refractivity contribution is 5.85. The van der Waals surface area contributed by atoms with Crippen molar-refractivity contribution in [2.45, 2.75) is 51.0 Å². The molecule has 1 fully saturated rings. The maximum Gasteiger partial charge on any atom is 0.248 e. The van der Waals surface area contributed by atoms with Gasteiger partial charge in [-0.1, -0.05) is 37.8 Å². The molecule has 3 rings (SSSR count). The van der Waals surface area contributed by atoms with Crippen LogP contribution in [0.5, 0.6) is 0 Å². The minimum Gasteiger partial charge on any atom is -0.309 e. The van der Waals surface area contributed by atoms with Crippen molar-refractivity contribution in [1.29, 1.82) is 0 Å². The molecule has 104 valence electrons. The van der Waals surface area contributed by atoms with Crippen LogP contribution in [-0.4, -0.2) is 18.5 Å². The van der Waals surface area contributed by atoms with Crippen molar-refractivity contribution < 1.29 is 4.79 Å². The fourth-order valence-electron chi connectivity index (χ4n) is 3.27. The summed E-state index contributed by atoms with van der Waals surface area (Å²) in [5.41, 5.74) is 8.24. The van der Waals surface area contributed by atoms with E-state index >= 15 is 0 Å². The molecule has 1 aliphatic carbocycles. The van der Waals surface area contributed by atoms with Crippen molar-refractivity contribution in [1.82, 2.24) is 16.2 Å². The molecule has 19 heavy (non-hydrogen) atoms. The number of rotatable bonds is 0. The Labute approximate surface area is 114 Å². The average molecular weight is 261 g/mol. The van der Waals surface area contributed by atoms with Crippen LogP contribution >= 0.6 is 0 Å². The Hall–Kier alpha value is -1.29. The van der Waals surface area contributed by atoms with Crippen LogP contribution in [0.2, 0.25) is 0 Å². The van der Waals surface area contributed by atoms with Crippen LogP contribution < -0.4 is 16.2 Å². The molecule has 3 N–H and O–H groups in total. The number of amides is 1. The van der Waals surface area contributed by atoms with Crippen LogP contribution in [0.25, 0.3) is 0 Å². The van der Waals surface area contributed by atoms with Crippen LogP contribution in [0.15, 0.2) is 23.4 Å². The van der Waals surface area contributed by atoms with E-state index in [9.17, 15) is 4.79 Å². The van der Waals surface area contributed by atoms with Gasteiger partial charge in [0.15, 0.2) is 0 Å². The lowest BCUT2D eigenvalue weighted by Gasteiger charge is -2.29. The van der Waals surface area contributed by atoms with E-state index in [1.807, 2.05) is 0 Å². The minimum atomic E-state index is -0.0268. The Balaban J connectivity index is 1.86. The van der Waals surface area contributed by atoms with E-state index in [1.165, 1.54) is 44.1 Å². The lowest BCUT2D eigenvalue weighted by molar-refractivity contribution is -0.122. The first-order valence-electron chi connectivity index (χ1n) is 7.56. The van der Waals surface area contributed by atoms with Gasteiger partial charge in [0.05, 0.1) is 11.6 Å². The largest absolute Gasteiger partial charge is 0.309 e.